The van der Waals surface area contributed by atoms with Gasteiger partial charge in [0.25, 0.3) is 0 Å². The summed E-state index contributed by atoms with van der Waals surface area (Å²) in [6, 6.07) is 7.06. The molecule has 1 fully saturated rings. The van der Waals surface area contributed by atoms with Crippen LogP contribution in [-0.4, -0.2) is 35.8 Å². The molecule has 20 heavy (non-hydrogen) atoms. The Hall–Kier alpha value is -1.33. The SMILES string of the molecule is CC(=O)c1cccc(NC(=O)CSC2CCNCC2)c1. The number of nitrogens with one attached hydrogen (secondary N) is 2. The number of thioether (sulfide) groups is 1. The van der Waals surface area contributed by atoms with Crippen molar-refractivity contribution >= 4 is 29.1 Å². The van der Waals surface area contributed by atoms with Gasteiger partial charge in [0.2, 0.25) is 5.91 Å². The second-order valence-corrected chi connectivity index (χ2v) is 6.23. The van der Waals surface area contributed by atoms with Crippen molar-refractivity contribution in [1.29, 1.82) is 0 Å². The summed E-state index contributed by atoms with van der Waals surface area (Å²) in [5.41, 5.74) is 1.31. The highest BCUT2D eigenvalue weighted by molar-refractivity contribution is 8.00. The van der Waals surface area contributed by atoms with Gasteiger partial charge < -0.3 is 10.6 Å². The number of hydrogen-bond donors (Lipinski definition) is 2. The third-order valence-corrected chi connectivity index (χ3v) is 4.66. The van der Waals surface area contributed by atoms with Crippen molar-refractivity contribution in [1.82, 2.24) is 5.32 Å². The third kappa shape index (κ3) is 4.65. The Balaban J connectivity index is 1.81. The molecule has 1 aromatic rings. The summed E-state index contributed by atoms with van der Waals surface area (Å²) >= 11 is 1.72. The fourth-order valence-electron chi connectivity index (χ4n) is 2.17. The van der Waals surface area contributed by atoms with Crippen LogP contribution in [0.3, 0.4) is 0 Å². The lowest BCUT2D eigenvalue weighted by Crippen LogP contribution is -2.30. The lowest BCUT2D eigenvalue weighted by molar-refractivity contribution is -0.113. The zero-order chi connectivity index (χ0) is 14.4. The topological polar surface area (TPSA) is 58.2 Å². The minimum Gasteiger partial charge on any atom is -0.325 e. The molecule has 0 saturated carbocycles. The monoisotopic (exact) mass is 292 g/mol. The van der Waals surface area contributed by atoms with Crippen LogP contribution in [0.2, 0.25) is 0 Å². The molecule has 0 aromatic heterocycles. The molecule has 4 nitrogen and oxygen atoms in total. The van der Waals surface area contributed by atoms with E-state index in [4.69, 9.17) is 0 Å². The van der Waals surface area contributed by atoms with Gasteiger partial charge >= 0.3 is 0 Å². The van der Waals surface area contributed by atoms with E-state index in [0.717, 1.165) is 25.9 Å². The van der Waals surface area contributed by atoms with Crippen LogP contribution < -0.4 is 10.6 Å². The molecule has 2 rings (SSSR count). The van der Waals surface area contributed by atoms with Gasteiger partial charge in [-0.1, -0.05) is 12.1 Å². The number of amides is 1. The molecule has 0 atom stereocenters. The molecule has 1 amide bonds. The van der Waals surface area contributed by atoms with Gasteiger partial charge in [-0.15, -0.1) is 11.8 Å². The predicted octanol–water partition coefficient (Wildman–Crippen LogP) is 2.31. The van der Waals surface area contributed by atoms with Gasteiger partial charge in [-0.2, -0.15) is 0 Å². The molecule has 1 saturated heterocycles. The summed E-state index contributed by atoms with van der Waals surface area (Å²) in [7, 11) is 0. The summed E-state index contributed by atoms with van der Waals surface area (Å²) in [6.45, 7) is 3.60. The molecule has 1 aliphatic heterocycles. The summed E-state index contributed by atoms with van der Waals surface area (Å²) < 4.78 is 0. The quantitative estimate of drug-likeness (QED) is 0.818. The van der Waals surface area contributed by atoms with E-state index < -0.39 is 0 Å². The van der Waals surface area contributed by atoms with Gasteiger partial charge in [0.05, 0.1) is 5.75 Å². The molecule has 1 aromatic carbocycles. The van der Waals surface area contributed by atoms with Crippen molar-refractivity contribution in [2.24, 2.45) is 0 Å². The minimum atomic E-state index is -0.00534. The van der Waals surface area contributed by atoms with Crippen molar-refractivity contribution < 1.29 is 9.59 Å². The van der Waals surface area contributed by atoms with E-state index in [1.54, 1.807) is 36.0 Å². The normalized spacial score (nSPS) is 15.8. The molecular formula is C15H20N2O2S. The summed E-state index contributed by atoms with van der Waals surface area (Å²) in [5, 5.41) is 6.74. The van der Waals surface area contributed by atoms with Crippen molar-refractivity contribution in [2.45, 2.75) is 25.0 Å². The molecule has 1 heterocycles. The molecule has 0 radical (unpaired) electrons. The van der Waals surface area contributed by atoms with Crippen LogP contribution in [0.15, 0.2) is 24.3 Å². The molecule has 0 bridgehead atoms. The number of anilines is 1. The Morgan fingerprint density at radius 2 is 2.10 bits per heavy atom. The maximum atomic E-state index is 11.9. The number of piperidine rings is 1. The van der Waals surface area contributed by atoms with Crippen molar-refractivity contribution in [3.05, 3.63) is 29.8 Å². The number of rotatable bonds is 5. The van der Waals surface area contributed by atoms with Crippen LogP contribution in [-0.2, 0) is 4.79 Å². The van der Waals surface area contributed by atoms with Gasteiger partial charge in [0.1, 0.15) is 0 Å². The third-order valence-electron chi connectivity index (χ3n) is 3.29. The number of hydrogen-bond acceptors (Lipinski definition) is 4. The standard InChI is InChI=1S/C15H20N2O2S/c1-11(18)12-3-2-4-13(9-12)17-15(19)10-20-14-5-7-16-8-6-14/h2-4,9,14,16H,5-8,10H2,1H3,(H,17,19). The molecule has 1 aliphatic rings. The van der Waals surface area contributed by atoms with E-state index >= 15 is 0 Å². The molecule has 5 heteroatoms. The number of benzene rings is 1. The molecule has 0 spiro atoms. The van der Waals surface area contributed by atoms with E-state index in [1.165, 1.54) is 6.92 Å². The first-order valence-corrected chi connectivity index (χ1v) is 7.93. The van der Waals surface area contributed by atoms with Gasteiger partial charge in [-0.3, -0.25) is 9.59 Å². The Morgan fingerprint density at radius 3 is 2.80 bits per heavy atom. The van der Waals surface area contributed by atoms with E-state index in [0.29, 0.717) is 22.3 Å². The molecule has 108 valence electrons. The van der Waals surface area contributed by atoms with Crippen molar-refractivity contribution in [2.75, 3.05) is 24.2 Å². The maximum absolute atomic E-state index is 11.9. The van der Waals surface area contributed by atoms with Crippen molar-refractivity contribution in [3.8, 4) is 0 Å². The Morgan fingerprint density at radius 1 is 1.35 bits per heavy atom. The maximum Gasteiger partial charge on any atom is 0.234 e. The summed E-state index contributed by atoms with van der Waals surface area (Å²) in [6.07, 6.45) is 2.25. The highest BCUT2D eigenvalue weighted by atomic mass is 32.2. The van der Waals surface area contributed by atoms with Gasteiger partial charge in [-0.25, -0.2) is 0 Å². The lowest BCUT2D eigenvalue weighted by atomic mass is 10.1. The first-order valence-electron chi connectivity index (χ1n) is 6.88. The number of carbonyl (C=O) groups is 2. The lowest BCUT2D eigenvalue weighted by Gasteiger charge is -2.21. The Kier molecular flexibility index (Phi) is 5.61. The Labute approximate surface area is 123 Å². The van der Waals surface area contributed by atoms with Crippen LogP contribution in [0, 0.1) is 0 Å². The molecular weight excluding hydrogens is 272 g/mol. The van der Waals surface area contributed by atoms with Gasteiger partial charge in [0.15, 0.2) is 5.78 Å². The average molecular weight is 292 g/mol. The second-order valence-electron chi connectivity index (χ2n) is 4.95. The highest BCUT2D eigenvalue weighted by Gasteiger charge is 2.15. The van der Waals surface area contributed by atoms with Crippen molar-refractivity contribution in [3.63, 3.8) is 0 Å². The molecule has 2 N–H and O–H groups in total. The van der Waals surface area contributed by atoms with Crippen LogP contribution in [0.1, 0.15) is 30.1 Å². The fraction of sp³-hybridized carbons (Fsp3) is 0.467. The smallest absolute Gasteiger partial charge is 0.234 e. The van der Waals surface area contributed by atoms with Crippen LogP contribution >= 0.6 is 11.8 Å². The van der Waals surface area contributed by atoms with Crippen LogP contribution in [0.4, 0.5) is 5.69 Å². The summed E-state index contributed by atoms with van der Waals surface area (Å²) in [5.74, 6) is 0.467. The van der Waals surface area contributed by atoms with E-state index in [1.807, 2.05) is 0 Å². The fourth-order valence-corrected chi connectivity index (χ4v) is 3.20. The van der Waals surface area contributed by atoms with Gasteiger partial charge in [0, 0.05) is 16.5 Å². The zero-order valence-corrected chi connectivity index (χ0v) is 12.5. The average Bonchev–Trinajstić information content (AvgIpc) is 2.46. The largest absolute Gasteiger partial charge is 0.325 e. The molecule has 0 aliphatic carbocycles. The first kappa shape index (κ1) is 15.1. The Bertz CT molecular complexity index is 485. The first-order chi connectivity index (χ1) is 9.65. The number of Topliss-reactive ketones (excluding diaryl/α,β-unsaturated/α-hetero) is 1. The molecule has 0 unspecified atom stereocenters. The minimum absolute atomic E-state index is 0.00480. The van der Waals surface area contributed by atoms with E-state index in [2.05, 4.69) is 10.6 Å². The van der Waals surface area contributed by atoms with Crippen LogP contribution in [0.25, 0.3) is 0 Å². The van der Waals surface area contributed by atoms with E-state index in [9.17, 15) is 9.59 Å². The predicted molar refractivity (Wildman–Crippen MR) is 83.4 cm³/mol. The summed E-state index contributed by atoms with van der Waals surface area (Å²) in [4.78, 5) is 23.2. The number of ketones is 1. The van der Waals surface area contributed by atoms with Gasteiger partial charge in [-0.05, 0) is 45.0 Å². The van der Waals surface area contributed by atoms with Crippen LogP contribution in [0.5, 0.6) is 0 Å². The highest BCUT2D eigenvalue weighted by Crippen LogP contribution is 2.20. The second kappa shape index (κ2) is 7.45. The number of carbonyl (C=O) groups excluding carboxylic acids is 2. The van der Waals surface area contributed by atoms with E-state index in [-0.39, 0.29) is 11.7 Å². The zero-order valence-electron chi connectivity index (χ0n) is 11.6.